The smallest absolute Gasteiger partial charge is 0.191 e. The number of nitrogens with zero attached hydrogens (tertiary/aromatic N) is 4. The summed E-state index contributed by atoms with van der Waals surface area (Å²) < 4.78 is 1.96. The summed E-state index contributed by atoms with van der Waals surface area (Å²) in [6.07, 6.45) is 1.07. The summed E-state index contributed by atoms with van der Waals surface area (Å²) in [5.41, 5.74) is 2.69. The van der Waals surface area contributed by atoms with Crippen LogP contribution >= 0.6 is 24.0 Å². The predicted molar refractivity (Wildman–Crippen MR) is 123 cm³/mol. The molecule has 0 bridgehead atoms. The molecule has 6 nitrogen and oxygen atoms in total. The Kier molecular flexibility index (Phi) is 9.21. The fourth-order valence-electron chi connectivity index (χ4n) is 2.68. The number of guanidine groups is 1. The number of aryl methyl sites for hydroxylation is 2. The van der Waals surface area contributed by atoms with Gasteiger partial charge in [-0.05, 0) is 31.4 Å². The van der Waals surface area contributed by atoms with Gasteiger partial charge in [-0.25, -0.2) is 4.99 Å². The maximum atomic E-state index is 4.65. The molecule has 0 atom stereocenters. The SMILES string of the molecule is CCNC(=NCc1nnc(C)n1C)NCC(C)(C)c1ccc(CC)cc1.I. The molecule has 0 aliphatic carbocycles. The number of rotatable bonds is 7. The zero-order valence-electron chi connectivity index (χ0n) is 17.3. The molecule has 27 heavy (non-hydrogen) atoms. The molecular formula is C20H33IN6. The van der Waals surface area contributed by atoms with E-state index in [9.17, 15) is 0 Å². The van der Waals surface area contributed by atoms with E-state index in [1.165, 1.54) is 11.1 Å². The van der Waals surface area contributed by atoms with Crippen molar-refractivity contribution in [2.75, 3.05) is 13.1 Å². The molecule has 0 aliphatic rings. The van der Waals surface area contributed by atoms with E-state index >= 15 is 0 Å². The molecule has 150 valence electrons. The van der Waals surface area contributed by atoms with Gasteiger partial charge >= 0.3 is 0 Å². The van der Waals surface area contributed by atoms with Gasteiger partial charge in [0.05, 0.1) is 0 Å². The molecule has 0 spiro atoms. The van der Waals surface area contributed by atoms with Crippen LogP contribution in [0.4, 0.5) is 0 Å². The van der Waals surface area contributed by atoms with Gasteiger partial charge in [0.2, 0.25) is 0 Å². The number of benzene rings is 1. The van der Waals surface area contributed by atoms with Crippen LogP contribution in [-0.2, 0) is 25.4 Å². The third-order valence-corrected chi connectivity index (χ3v) is 4.75. The van der Waals surface area contributed by atoms with E-state index in [1.807, 2.05) is 18.5 Å². The standard InChI is InChI=1S/C20H32N6.HI/c1-7-16-9-11-17(12-10-16)20(4,5)14-23-19(21-8-2)22-13-18-25-24-15(3)26(18)6;/h9-12H,7-8,13-14H2,1-6H3,(H2,21,22,23);1H. The second kappa shape index (κ2) is 10.6. The van der Waals surface area contributed by atoms with Gasteiger partial charge in [0.1, 0.15) is 12.4 Å². The Morgan fingerprint density at radius 1 is 1.11 bits per heavy atom. The average molecular weight is 484 g/mol. The van der Waals surface area contributed by atoms with Crippen LogP contribution in [0.1, 0.15) is 50.5 Å². The number of halogens is 1. The maximum Gasteiger partial charge on any atom is 0.191 e. The molecule has 0 radical (unpaired) electrons. The van der Waals surface area contributed by atoms with Gasteiger partial charge in [-0.1, -0.05) is 45.0 Å². The average Bonchev–Trinajstić information content (AvgIpc) is 2.96. The van der Waals surface area contributed by atoms with E-state index in [0.717, 1.165) is 37.1 Å². The molecule has 0 saturated carbocycles. The zero-order chi connectivity index (χ0) is 19.2. The third kappa shape index (κ3) is 6.48. The van der Waals surface area contributed by atoms with Gasteiger partial charge in [-0.2, -0.15) is 0 Å². The van der Waals surface area contributed by atoms with Gasteiger partial charge in [-0.3, -0.25) is 0 Å². The van der Waals surface area contributed by atoms with Gasteiger partial charge < -0.3 is 15.2 Å². The Morgan fingerprint density at radius 3 is 2.30 bits per heavy atom. The normalized spacial score (nSPS) is 11.9. The highest BCUT2D eigenvalue weighted by molar-refractivity contribution is 14.0. The van der Waals surface area contributed by atoms with Crippen molar-refractivity contribution < 1.29 is 0 Å². The lowest BCUT2D eigenvalue weighted by atomic mass is 9.84. The number of aliphatic imine (C=N–C) groups is 1. The van der Waals surface area contributed by atoms with E-state index < -0.39 is 0 Å². The van der Waals surface area contributed by atoms with Crippen molar-refractivity contribution in [1.82, 2.24) is 25.4 Å². The maximum absolute atomic E-state index is 4.65. The summed E-state index contributed by atoms with van der Waals surface area (Å²) in [7, 11) is 1.96. The van der Waals surface area contributed by atoms with Gasteiger partial charge in [-0.15, -0.1) is 34.2 Å². The van der Waals surface area contributed by atoms with Crippen molar-refractivity contribution in [3.8, 4) is 0 Å². The number of hydrogen-bond acceptors (Lipinski definition) is 3. The first kappa shape index (κ1) is 23.4. The topological polar surface area (TPSA) is 67.1 Å². The molecule has 1 aromatic carbocycles. The molecule has 7 heteroatoms. The van der Waals surface area contributed by atoms with Crippen molar-refractivity contribution in [2.45, 2.75) is 53.0 Å². The summed E-state index contributed by atoms with van der Waals surface area (Å²) in [5.74, 6) is 2.55. The minimum Gasteiger partial charge on any atom is -0.357 e. The first-order chi connectivity index (χ1) is 12.4. The summed E-state index contributed by atoms with van der Waals surface area (Å²) in [6, 6.07) is 8.89. The molecule has 0 amide bonds. The van der Waals surface area contributed by atoms with E-state index in [4.69, 9.17) is 0 Å². The fourth-order valence-corrected chi connectivity index (χ4v) is 2.68. The van der Waals surface area contributed by atoms with Gasteiger partial charge in [0, 0.05) is 25.6 Å². The molecule has 2 N–H and O–H groups in total. The quantitative estimate of drug-likeness (QED) is 0.360. The molecule has 2 aromatic rings. The first-order valence-corrected chi connectivity index (χ1v) is 9.33. The van der Waals surface area contributed by atoms with Crippen LogP contribution in [0.15, 0.2) is 29.3 Å². The molecule has 0 fully saturated rings. The largest absolute Gasteiger partial charge is 0.357 e. The summed E-state index contributed by atoms with van der Waals surface area (Å²) in [5, 5.41) is 15.0. The van der Waals surface area contributed by atoms with Crippen LogP contribution in [0.2, 0.25) is 0 Å². The van der Waals surface area contributed by atoms with Crippen molar-refractivity contribution in [2.24, 2.45) is 12.0 Å². The minimum atomic E-state index is 0. The zero-order valence-corrected chi connectivity index (χ0v) is 19.7. The third-order valence-electron chi connectivity index (χ3n) is 4.75. The van der Waals surface area contributed by atoms with E-state index in [1.54, 1.807) is 0 Å². The minimum absolute atomic E-state index is 0. The summed E-state index contributed by atoms with van der Waals surface area (Å²) >= 11 is 0. The summed E-state index contributed by atoms with van der Waals surface area (Å²) in [4.78, 5) is 4.65. The van der Waals surface area contributed by atoms with Crippen LogP contribution in [0.3, 0.4) is 0 Å². The Hall–Kier alpha value is -1.64. The molecule has 0 unspecified atom stereocenters. The lowest BCUT2D eigenvalue weighted by Crippen LogP contribution is -2.43. The van der Waals surface area contributed by atoms with Crippen LogP contribution in [0.5, 0.6) is 0 Å². The van der Waals surface area contributed by atoms with E-state index in [-0.39, 0.29) is 29.4 Å². The molecular weight excluding hydrogens is 451 g/mol. The Labute approximate surface area is 180 Å². The van der Waals surface area contributed by atoms with E-state index in [2.05, 4.69) is 77.8 Å². The van der Waals surface area contributed by atoms with Gasteiger partial charge in [0.15, 0.2) is 11.8 Å². The first-order valence-electron chi connectivity index (χ1n) is 9.33. The van der Waals surface area contributed by atoms with Crippen molar-refractivity contribution in [3.05, 3.63) is 47.0 Å². The van der Waals surface area contributed by atoms with Gasteiger partial charge in [0.25, 0.3) is 0 Å². The summed E-state index contributed by atoms with van der Waals surface area (Å²) in [6.45, 7) is 12.8. The van der Waals surface area contributed by atoms with E-state index in [0.29, 0.717) is 6.54 Å². The molecule has 0 saturated heterocycles. The highest BCUT2D eigenvalue weighted by Crippen LogP contribution is 2.22. The Morgan fingerprint density at radius 2 is 1.78 bits per heavy atom. The lowest BCUT2D eigenvalue weighted by Gasteiger charge is -2.27. The second-order valence-electron chi connectivity index (χ2n) is 7.21. The van der Waals surface area contributed by atoms with Crippen molar-refractivity contribution >= 4 is 29.9 Å². The molecule has 1 aromatic heterocycles. The highest BCUT2D eigenvalue weighted by Gasteiger charge is 2.21. The number of nitrogens with one attached hydrogen (secondary N) is 2. The van der Waals surface area contributed by atoms with Crippen LogP contribution < -0.4 is 10.6 Å². The van der Waals surface area contributed by atoms with Crippen molar-refractivity contribution in [3.63, 3.8) is 0 Å². The number of aromatic nitrogens is 3. The highest BCUT2D eigenvalue weighted by atomic mass is 127. The monoisotopic (exact) mass is 484 g/mol. The van der Waals surface area contributed by atoms with Crippen LogP contribution in [0.25, 0.3) is 0 Å². The van der Waals surface area contributed by atoms with Crippen molar-refractivity contribution in [1.29, 1.82) is 0 Å². The number of hydrogen-bond donors (Lipinski definition) is 2. The van der Waals surface area contributed by atoms with Crippen LogP contribution in [0, 0.1) is 6.92 Å². The second-order valence-corrected chi connectivity index (χ2v) is 7.21. The Balaban J connectivity index is 0.00000364. The molecule has 1 heterocycles. The Bertz CT molecular complexity index is 733. The molecule has 0 aliphatic heterocycles. The lowest BCUT2D eigenvalue weighted by molar-refractivity contribution is 0.508. The molecule has 2 rings (SSSR count). The van der Waals surface area contributed by atoms with Crippen LogP contribution in [-0.4, -0.2) is 33.8 Å². The predicted octanol–water partition coefficient (Wildman–Crippen LogP) is 3.34. The fraction of sp³-hybridized carbons (Fsp3) is 0.550.